The molecule has 0 aliphatic heterocycles. The summed E-state index contributed by atoms with van der Waals surface area (Å²) in [6.45, 7) is 0.392. The molecule has 0 saturated carbocycles. The average Bonchev–Trinajstić information content (AvgIpc) is 2.92. The van der Waals surface area contributed by atoms with Crippen LogP contribution in [0.2, 0.25) is 5.02 Å². The summed E-state index contributed by atoms with van der Waals surface area (Å²) in [5.74, 6) is 0.819. The topological polar surface area (TPSA) is 42.7 Å². The van der Waals surface area contributed by atoms with Gasteiger partial charge in [-0.2, -0.15) is 0 Å². The van der Waals surface area contributed by atoms with E-state index in [1.807, 2.05) is 0 Å². The van der Waals surface area contributed by atoms with Crippen LogP contribution in [0.3, 0.4) is 0 Å². The number of carbonyl (C=O) groups excluding carboxylic acids is 1. The lowest BCUT2D eigenvalue weighted by Gasteiger charge is -2.17. The highest BCUT2D eigenvalue weighted by molar-refractivity contribution is 6.30. The zero-order valence-corrected chi connectivity index (χ0v) is 11.5. The van der Waals surface area contributed by atoms with Crippen molar-refractivity contribution >= 4 is 17.5 Å². The molecule has 0 spiro atoms. The predicted molar refractivity (Wildman–Crippen MR) is 72.5 cm³/mol. The maximum atomic E-state index is 12.1. The van der Waals surface area contributed by atoms with Gasteiger partial charge in [0.2, 0.25) is 0 Å². The Hall–Kier alpha value is -1.94. The van der Waals surface area contributed by atoms with Gasteiger partial charge in [0.25, 0.3) is 5.91 Å². The zero-order chi connectivity index (χ0) is 13.8. The number of methoxy groups -OCH3 is 1. The Bertz CT molecular complexity index is 566. The highest BCUT2D eigenvalue weighted by atomic mass is 35.5. The fourth-order valence-electron chi connectivity index (χ4n) is 1.79. The maximum absolute atomic E-state index is 12.1. The first kappa shape index (κ1) is 13.5. The van der Waals surface area contributed by atoms with Gasteiger partial charge in [-0.1, -0.05) is 11.6 Å². The van der Waals surface area contributed by atoms with Crippen LogP contribution in [-0.4, -0.2) is 25.0 Å². The van der Waals surface area contributed by atoms with Gasteiger partial charge in [0.1, 0.15) is 5.75 Å². The monoisotopic (exact) mass is 279 g/mol. The molecule has 1 aromatic carbocycles. The summed E-state index contributed by atoms with van der Waals surface area (Å²) < 4.78 is 10.3. The molecule has 0 aliphatic rings. The standard InChI is InChI=1S/C14H14ClNO3/c1-16(14(17)13-4-3-7-19-13)9-10-8-11(15)5-6-12(10)18-2/h3-8H,9H2,1-2H3. The Labute approximate surface area is 116 Å². The van der Waals surface area contributed by atoms with E-state index in [1.54, 1.807) is 49.4 Å². The summed E-state index contributed by atoms with van der Waals surface area (Å²) in [7, 11) is 3.28. The van der Waals surface area contributed by atoms with Crippen LogP contribution in [0.1, 0.15) is 16.1 Å². The van der Waals surface area contributed by atoms with Crippen LogP contribution in [0.5, 0.6) is 5.75 Å². The van der Waals surface area contributed by atoms with Crippen LogP contribution in [0.15, 0.2) is 41.0 Å². The van der Waals surface area contributed by atoms with Crippen molar-refractivity contribution < 1.29 is 13.9 Å². The molecule has 0 N–H and O–H groups in total. The SMILES string of the molecule is COc1ccc(Cl)cc1CN(C)C(=O)c1ccco1. The van der Waals surface area contributed by atoms with Gasteiger partial charge < -0.3 is 14.1 Å². The summed E-state index contributed by atoms with van der Waals surface area (Å²) in [6.07, 6.45) is 1.47. The van der Waals surface area contributed by atoms with Crippen molar-refractivity contribution in [2.45, 2.75) is 6.54 Å². The van der Waals surface area contributed by atoms with Crippen LogP contribution >= 0.6 is 11.6 Å². The summed E-state index contributed by atoms with van der Waals surface area (Å²) in [6, 6.07) is 8.63. The molecule has 5 heteroatoms. The minimum atomic E-state index is -0.188. The summed E-state index contributed by atoms with van der Waals surface area (Å²) in [5.41, 5.74) is 0.845. The van der Waals surface area contributed by atoms with E-state index in [-0.39, 0.29) is 5.91 Å². The highest BCUT2D eigenvalue weighted by Crippen LogP contribution is 2.24. The molecule has 2 rings (SSSR count). The van der Waals surface area contributed by atoms with E-state index >= 15 is 0 Å². The van der Waals surface area contributed by atoms with Gasteiger partial charge in [-0.05, 0) is 30.3 Å². The van der Waals surface area contributed by atoms with Crippen molar-refractivity contribution in [3.05, 3.63) is 52.9 Å². The lowest BCUT2D eigenvalue weighted by atomic mass is 10.2. The Balaban J connectivity index is 2.17. The fraction of sp³-hybridized carbons (Fsp3) is 0.214. The van der Waals surface area contributed by atoms with Gasteiger partial charge in [-0.15, -0.1) is 0 Å². The number of halogens is 1. The van der Waals surface area contributed by atoms with E-state index in [2.05, 4.69) is 0 Å². The zero-order valence-electron chi connectivity index (χ0n) is 10.7. The number of furan rings is 1. The largest absolute Gasteiger partial charge is 0.496 e. The molecule has 0 aliphatic carbocycles. The minimum absolute atomic E-state index is 0.188. The van der Waals surface area contributed by atoms with Crippen molar-refractivity contribution in [1.29, 1.82) is 0 Å². The molecule has 1 aromatic heterocycles. The third kappa shape index (κ3) is 3.09. The first-order chi connectivity index (χ1) is 9.11. The van der Waals surface area contributed by atoms with Crippen molar-refractivity contribution in [3.8, 4) is 5.75 Å². The Morgan fingerprint density at radius 2 is 2.21 bits per heavy atom. The molecule has 1 heterocycles. The Morgan fingerprint density at radius 3 is 2.84 bits per heavy atom. The third-order valence-corrected chi connectivity index (χ3v) is 2.96. The molecule has 1 amide bonds. The molecular weight excluding hydrogens is 266 g/mol. The molecule has 0 unspecified atom stereocenters. The normalized spacial score (nSPS) is 10.3. The number of benzene rings is 1. The van der Waals surface area contributed by atoms with Crippen molar-refractivity contribution in [2.24, 2.45) is 0 Å². The number of hydrogen-bond donors (Lipinski definition) is 0. The maximum Gasteiger partial charge on any atom is 0.289 e. The first-order valence-corrected chi connectivity index (χ1v) is 6.11. The summed E-state index contributed by atoms with van der Waals surface area (Å²) in [5, 5.41) is 0.606. The fourth-order valence-corrected chi connectivity index (χ4v) is 1.98. The molecule has 0 atom stereocenters. The van der Waals surface area contributed by atoms with Gasteiger partial charge >= 0.3 is 0 Å². The van der Waals surface area contributed by atoms with Gasteiger partial charge in [0, 0.05) is 24.2 Å². The van der Waals surface area contributed by atoms with E-state index in [1.165, 1.54) is 6.26 Å². The van der Waals surface area contributed by atoms with Crippen molar-refractivity contribution in [3.63, 3.8) is 0 Å². The van der Waals surface area contributed by atoms with E-state index in [9.17, 15) is 4.79 Å². The van der Waals surface area contributed by atoms with E-state index in [4.69, 9.17) is 20.8 Å². The number of carbonyl (C=O) groups is 1. The van der Waals surface area contributed by atoms with Crippen LogP contribution in [0.4, 0.5) is 0 Å². The van der Waals surface area contributed by atoms with Crippen LogP contribution < -0.4 is 4.74 Å². The average molecular weight is 280 g/mol. The number of amides is 1. The number of nitrogens with zero attached hydrogens (tertiary/aromatic N) is 1. The van der Waals surface area contributed by atoms with Crippen LogP contribution in [0, 0.1) is 0 Å². The lowest BCUT2D eigenvalue weighted by Crippen LogP contribution is -2.26. The van der Waals surface area contributed by atoms with Crippen LogP contribution in [0.25, 0.3) is 0 Å². The molecule has 0 saturated heterocycles. The molecule has 2 aromatic rings. The second-order valence-electron chi connectivity index (χ2n) is 4.09. The molecule has 0 fully saturated rings. The van der Waals surface area contributed by atoms with Crippen LogP contribution in [-0.2, 0) is 6.54 Å². The van der Waals surface area contributed by atoms with Gasteiger partial charge in [-0.25, -0.2) is 0 Å². The highest BCUT2D eigenvalue weighted by Gasteiger charge is 2.16. The molecule has 0 bridgehead atoms. The quantitative estimate of drug-likeness (QED) is 0.863. The molecule has 0 radical (unpaired) electrons. The number of hydrogen-bond acceptors (Lipinski definition) is 3. The Kier molecular flexibility index (Phi) is 4.12. The third-order valence-electron chi connectivity index (χ3n) is 2.73. The number of rotatable bonds is 4. The first-order valence-electron chi connectivity index (χ1n) is 5.73. The van der Waals surface area contributed by atoms with E-state index in [0.717, 1.165) is 5.56 Å². The smallest absolute Gasteiger partial charge is 0.289 e. The second kappa shape index (κ2) is 5.80. The summed E-state index contributed by atoms with van der Waals surface area (Å²) in [4.78, 5) is 13.6. The van der Waals surface area contributed by atoms with Gasteiger partial charge in [-0.3, -0.25) is 4.79 Å². The van der Waals surface area contributed by atoms with E-state index < -0.39 is 0 Å². The predicted octanol–water partition coefficient (Wildman–Crippen LogP) is 3.21. The second-order valence-corrected chi connectivity index (χ2v) is 4.53. The molecular formula is C14H14ClNO3. The molecule has 19 heavy (non-hydrogen) atoms. The minimum Gasteiger partial charge on any atom is -0.496 e. The van der Waals surface area contributed by atoms with Gasteiger partial charge in [0.05, 0.1) is 13.4 Å². The molecule has 100 valence electrons. The van der Waals surface area contributed by atoms with Gasteiger partial charge in [0.15, 0.2) is 5.76 Å². The lowest BCUT2D eigenvalue weighted by molar-refractivity contribution is 0.0752. The van der Waals surface area contributed by atoms with E-state index in [0.29, 0.717) is 23.1 Å². The molecule has 4 nitrogen and oxygen atoms in total. The van der Waals surface area contributed by atoms with Crippen molar-refractivity contribution in [2.75, 3.05) is 14.2 Å². The Morgan fingerprint density at radius 1 is 1.42 bits per heavy atom. The summed E-state index contributed by atoms with van der Waals surface area (Å²) >= 11 is 5.96. The number of ether oxygens (including phenoxy) is 1. The van der Waals surface area contributed by atoms with Crippen molar-refractivity contribution in [1.82, 2.24) is 4.90 Å².